The molecule has 2 atom stereocenters. The summed E-state index contributed by atoms with van der Waals surface area (Å²) in [4.78, 5) is 5.70. The van der Waals surface area contributed by atoms with Crippen LogP contribution in [0, 0.1) is 0 Å². The highest BCUT2D eigenvalue weighted by Gasteiger charge is 2.20. The van der Waals surface area contributed by atoms with Crippen LogP contribution in [0.3, 0.4) is 0 Å². The van der Waals surface area contributed by atoms with Gasteiger partial charge in [0.25, 0.3) is 0 Å². The molecule has 4 N–H and O–H groups in total. The van der Waals surface area contributed by atoms with Gasteiger partial charge >= 0.3 is 0 Å². The summed E-state index contributed by atoms with van der Waals surface area (Å²) in [7, 11) is 3.29. The summed E-state index contributed by atoms with van der Waals surface area (Å²) < 4.78 is 10.9. The third-order valence-electron chi connectivity index (χ3n) is 2.97. The summed E-state index contributed by atoms with van der Waals surface area (Å²) in [6.45, 7) is 2.13. The zero-order valence-electron chi connectivity index (χ0n) is 12.4. The number of nitrogens with two attached hydrogens (primary N) is 2. The van der Waals surface area contributed by atoms with Crippen molar-refractivity contribution in [1.29, 1.82) is 0 Å². The highest BCUT2D eigenvalue weighted by Crippen LogP contribution is 2.23. The number of hydrogen-bond acceptors (Lipinski definition) is 7. The highest BCUT2D eigenvalue weighted by molar-refractivity contribution is 5.51. The SMILES string of the molecule is COc1cnc(COC(c2cnn(C)n2)[C@H](C)N)cc1N. The largest absolute Gasteiger partial charge is 0.493 e. The maximum atomic E-state index is 5.95. The van der Waals surface area contributed by atoms with E-state index in [0.29, 0.717) is 22.8 Å². The molecule has 8 nitrogen and oxygen atoms in total. The lowest BCUT2D eigenvalue weighted by atomic mass is 10.1. The molecule has 0 aliphatic carbocycles. The van der Waals surface area contributed by atoms with Gasteiger partial charge in [0.05, 0.1) is 37.5 Å². The van der Waals surface area contributed by atoms with Gasteiger partial charge in [0.15, 0.2) is 5.75 Å². The predicted molar refractivity (Wildman–Crippen MR) is 77.4 cm³/mol. The molecule has 0 bridgehead atoms. The topological polar surface area (TPSA) is 114 Å². The molecule has 8 heteroatoms. The standard InChI is InChI=1S/C13H20N6O2/c1-8(14)13(11-5-17-19(2)18-11)21-7-9-4-10(15)12(20-3)6-16-9/h4-6,8,13H,7,14H2,1-3H3,(H2,15,16)/t8-,13?/m0/s1. The van der Waals surface area contributed by atoms with Crippen molar-refractivity contribution >= 4 is 5.69 Å². The fourth-order valence-electron chi connectivity index (χ4n) is 1.93. The zero-order chi connectivity index (χ0) is 15.4. The molecule has 0 spiro atoms. The van der Waals surface area contributed by atoms with E-state index in [4.69, 9.17) is 20.9 Å². The highest BCUT2D eigenvalue weighted by atomic mass is 16.5. The van der Waals surface area contributed by atoms with Crippen molar-refractivity contribution in [1.82, 2.24) is 20.0 Å². The Hall–Kier alpha value is -2.19. The van der Waals surface area contributed by atoms with Crippen molar-refractivity contribution in [2.75, 3.05) is 12.8 Å². The van der Waals surface area contributed by atoms with E-state index >= 15 is 0 Å². The number of rotatable bonds is 6. The quantitative estimate of drug-likeness (QED) is 0.792. The number of hydrogen-bond donors (Lipinski definition) is 2. The van der Waals surface area contributed by atoms with Crippen LogP contribution in [0.4, 0.5) is 5.69 Å². The first-order valence-corrected chi connectivity index (χ1v) is 6.53. The van der Waals surface area contributed by atoms with Gasteiger partial charge in [0.1, 0.15) is 11.8 Å². The summed E-state index contributed by atoms with van der Waals surface area (Å²) in [6, 6.07) is 1.49. The number of nitrogen functional groups attached to an aromatic ring is 1. The second kappa shape index (κ2) is 6.51. The van der Waals surface area contributed by atoms with Gasteiger partial charge in [0.2, 0.25) is 0 Å². The number of aryl methyl sites for hydroxylation is 1. The molecule has 0 amide bonds. The number of methoxy groups -OCH3 is 1. The van der Waals surface area contributed by atoms with Gasteiger partial charge in [-0.3, -0.25) is 4.98 Å². The van der Waals surface area contributed by atoms with Gasteiger partial charge in [-0.1, -0.05) is 0 Å². The Labute approximate surface area is 123 Å². The Morgan fingerprint density at radius 1 is 1.38 bits per heavy atom. The van der Waals surface area contributed by atoms with Gasteiger partial charge in [-0.15, -0.1) is 0 Å². The Bertz CT molecular complexity index is 598. The van der Waals surface area contributed by atoms with Crippen molar-refractivity contribution in [3.8, 4) is 5.75 Å². The summed E-state index contributed by atoms with van der Waals surface area (Å²) in [6.07, 6.45) is 2.85. The van der Waals surface area contributed by atoms with Crippen LogP contribution in [0.5, 0.6) is 5.75 Å². The number of ether oxygens (including phenoxy) is 2. The van der Waals surface area contributed by atoms with E-state index < -0.39 is 0 Å². The van der Waals surface area contributed by atoms with Gasteiger partial charge in [-0.2, -0.15) is 15.0 Å². The molecule has 0 saturated carbocycles. The molecule has 0 radical (unpaired) electrons. The second-order valence-corrected chi connectivity index (χ2v) is 4.77. The molecule has 0 saturated heterocycles. The molecule has 0 aromatic carbocycles. The van der Waals surface area contributed by atoms with Crippen LogP contribution in [-0.2, 0) is 18.4 Å². The lowest BCUT2D eigenvalue weighted by Crippen LogP contribution is -2.27. The Morgan fingerprint density at radius 2 is 2.14 bits per heavy atom. The van der Waals surface area contributed by atoms with Crippen LogP contribution in [0.2, 0.25) is 0 Å². The lowest BCUT2D eigenvalue weighted by molar-refractivity contribution is 0.0210. The summed E-state index contributed by atoms with van der Waals surface area (Å²) in [5, 5.41) is 8.25. The summed E-state index contributed by atoms with van der Waals surface area (Å²) >= 11 is 0. The number of aromatic nitrogens is 4. The molecule has 2 aromatic rings. The maximum absolute atomic E-state index is 5.95. The van der Waals surface area contributed by atoms with E-state index in [-0.39, 0.29) is 18.8 Å². The van der Waals surface area contributed by atoms with Crippen molar-refractivity contribution in [3.05, 3.63) is 29.8 Å². The second-order valence-electron chi connectivity index (χ2n) is 4.77. The minimum absolute atomic E-state index is 0.225. The minimum Gasteiger partial charge on any atom is -0.493 e. The molecule has 1 unspecified atom stereocenters. The average molecular weight is 292 g/mol. The van der Waals surface area contributed by atoms with Crippen molar-refractivity contribution < 1.29 is 9.47 Å². The van der Waals surface area contributed by atoms with Crippen LogP contribution < -0.4 is 16.2 Å². The summed E-state index contributed by atoms with van der Waals surface area (Å²) in [5.41, 5.74) is 13.7. The van der Waals surface area contributed by atoms with E-state index in [1.165, 1.54) is 4.80 Å². The molecule has 21 heavy (non-hydrogen) atoms. The van der Waals surface area contributed by atoms with E-state index in [0.717, 1.165) is 0 Å². The van der Waals surface area contributed by atoms with Gasteiger partial charge in [-0.25, -0.2) is 0 Å². The van der Waals surface area contributed by atoms with E-state index in [1.807, 2.05) is 6.92 Å². The third kappa shape index (κ3) is 3.67. The Morgan fingerprint density at radius 3 is 2.67 bits per heavy atom. The zero-order valence-corrected chi connectivity index (χ0v) is 12.4. The normalized spacial score (nSPS) is 13.9. The van der Waals surface area contributed by atoms with Gasteiger partial charge in [-0.05, 0) is 13.0 Å². The van der Waals surface area contributed by atoms with Crippen LogP contribution in [0.25, 0.3) is 0 Å². The van der Waals surface area contributed by atoms with Crippen molar-refractivity contribution in [3.63, 3.8) is 0 Å². The molecule has 0 fully saturated rings. The fourth-order valence-corrected chi connectivity index (χ4v) is 1.93. The average Bonchev–Trinajstić information content (AvgIpc) is 2.85. The van der Waals surface area contributed by atoms with Crippen LogP contribution in [-0.4, -0.2) is 33.1 Å². The van der Waals surface area contributed by atoms with Gasteiger partial charge in [0, 0.05) is 13.1 Å². The number of nitrogens with zero attached hydrogens (tertiary/aromatic N) is 4. The molecular weight excluding hydrogens is 272 g/mol. The first kappa shape index (κ1) is 15.2. The lowest BCUT2D eigenvalue weighted by Gasteiger charge is -2.19. The van der Waals surface area contributed by atoms with Crippen LogP contribution in [0.1, 0.15) is 24.4 Å². The summed E-state index contributed by atoms with van der Waals surface area (Å²) in [5.74, 6) is 0.538. The predicted octanol–water partition coefficient (Wildman–Crippen LogP) is 0.406. The molecule has 0 aliphatic heterocycles. The van der Waals surface area contributed by atoms with Crippen molar-refractivity contribution in [2.24, 2.45) is 12.8 Å². The monoisotopic (exact) mass is 292 g/mol. The van der Waals surface area contributed by atoms with E-state index in [9.17, 15) is 0 Å². The maximum Gasteiger partial charge on any atom is 0.160 e. The molecule has 2 heterocycles. The number of pyridine rings is 1. The molecule has 0 aliphatic rings. The van der Waals surface area contributed by atoms with Crippen molar-refractivity contribution in [2.45, 2.75) is 25.7 Å². The van der Waals surface area contributed by atoms with Crippen LogP contribution in [0.15, 0.2) is 18.5 Å². The Kier molecular flexibility index (Phi) is 4.71. The van der Waals surface area contributed by atoms with E-state index in [1.54, 1.807) is 32.6 Å². The van der Waals surface area contributed by atoms with Crippen LogP contribution >= 0.6 is 0 Å². The smallest absolute Gasteiger partial charge is 0.160 e. The van der Waals surface area contributed by atoms with E-state index in [2.05, 4.69) is 15.2 Å². The molecule has 2 aromatic heterocycles. The fraction of sp³-hybridized carbons (Fsp3) is 0.462. The minimum atomic E-state index is -0.358. The number of anilines is 1. The Balaban J connectivity index is 2.07. The third-order valence-corrected chi connectivity index (χ3v) is 2.97. The first-order chi connectivity index (χ1) is 10.0. The molecule has 2 rings (SSSR count). The van der Waals surface area contributed by atoms with Gasteiger partial charge < -0.3 is 20.9 Å². The molecule has 114 valence electrons. The molecular formula is C13H20N6O2. The first-order valence-electron chi connectivity index (χ1n) is 6.53.